The van der Waals surface area contributed by atoms with E-state index >= 15 is 0 Å². The van der Waals surface area contributed by atoms with Crippen molar-refractivity contribution in [3.05, 3.63) is 52.8 Å². The zero-order valence-corrected chi connectivity index (χ0v) is 13.1. The molecule has 10 heteroatoms. The molecule has 0 aromatic heterocycles. The first-order chi connectivity index (χ1) is 11.7. The summed E-state index contributed by atoms with van der Waals surface area (Å²) in [5.74, 6) is -1.26. The number of hydrogen-bond donors (Lipinski definition) is 3. The quantitative estimate of drug-likeness (QED) is 0.685. The number of ether oxygens (including phenoxy) is 1. The average molecular weight is 379 g/mol. The number of alkyl halides is 3. The highest BCUT2D eigenvalue weighted by Gasteiger charge is 2.31. The second-order valence-corrected chi connectivity index (χ2v) is 5.20. The van der Waals surface area contributed by atoms with E-state index in [1.807, 2.05) is 0 Å². The lowest BCUT2D eigenvalue weighted by atomic mass is 10.2. The van der Waals surface area contributed by atoms with Crippen molar-refractivity contribution in [2.45, 2.75) is 13.0 Å². The summed E-state index contributed by atoms with van der Waals surface area (Å²) in [6.45, 7) is -0.448. The maximum absolute atomic E-state index is 13.2. The molecule has 25 heavy (non-hydrogen) atoms. The second kappa shape index (κ2) is 7.58. The molecule has 2 rings (SSSR count). The molecule has 0 aliphatic heterocycles. The van der Waals surface area contributed by atoms with Crippen LogP contribution in [-0.2, 0) is 6.61 Å². The number of aliphatic hydroxyl groups excluding tert-OH is 1. The molecule has 0 radical (unpaired) electrons. The number of aliphatic hydroxyl groups is 1. The van der Waals surface area contributed by atoms with Crippen LogP contribution < -0.4 is 15.4 Å². The summed E-state index contributed by atoms with van der Waals surface area (Å²) >= 11 is 5.69. The Labute approximate surface area is 144 Å². The molecular formula is C15H11ClF4N2O3. The molecule has 5 nitrogen and oxygen atoms in total. The molecule has 134 valence electrons. The Morgan fingerprint density at radius 1 is 1.16 bits per heavy atom. The van der Waals surface area contributed by atoms with E-state index in [-0.39, 0.29) is 22.0 Å². The van der Waals surface area contributed by atoms with Gasteiger partial charge in [-0.3, -0.25) is 0 Å². The number of halogens is 5. The third-order valence-corrected chi connectivity index (χ3v) is 3.07. The van der Waals surface area contributed by atoms with Gasteiger partial charge in [-0.1, -0.05) is 17.7 Å². The molecule has 0 aliphatic rings. The number of benzene rings is 2. The van der Waals surface area contributed by atoms with Crippen LogP contribution in [0.5, 0.6) is 5.75 Å². The van der Waals surface area contributed by atoms with Crippen molar-refractivity contribution < 1.29 is 32.2 Å². The van der Waals surface area contributed by atoms with Crippen LogP contribution in [0.15, 0.2) is 36.4 Å². The van der Waals surface area contributed by atoms with Gasteiger partial charge in [0, 0.05) is 22.3 Å². The van der Waals surface area contributed by atoms with Crippen LogP contribution in [0.25, 0.3) is 0 Å². The Bertz CT molecular complexity index is 784. The van der Waals surface area contributed by atoms with Gasteiger partial charge in [0.25, 0.3) is 0 Å². The lowest BCUT2D eigenvalue weighted by molar-refractivity contribution is -0.274. The summed E-state index contributed by atoms with van der Waals surface area (Å²) in [5.41, 5.74) is 0.184. The first kappa shape index (κ1) is 18.8. The summed E-state index contributed by atoms with van der Waals surface area (Å²) in [6.07, 6.45) is -4.91. The first-order valence-corrected chi connectivity index (χ1v) is 7.08. The fraction of sp³-hybridized carbons (Fsp3) is 0.133. The fourth-order valence-electron chi connectivity index (χ4n) is 1.92. The van der Waals surface area contributed by atoms with E-state index in [4.69, 9.17) is 16.7 Å². The van der Waals surface area contributed by atoms with E-state index in [0.717, 1.165) is 24.3 Å². The van der Waals surface area contributed by atoms with Crippen molar-refractivity contribution in [3.63, 3.8) is 0 Å². The molecule has 2 amide bonds. The SMILES string of the molecule is O=C(Nc1cc(Cl)cc(OC(F)(F)F)c1)Nc1cc(F)ccc1CO. The van der Waals surface area contributed by atoms with Gasteiger partial charge < -0.3 is 20.5 Å². The standard InChI is InChI=1S/C15H11ClF4N2O3/c16-9-3-11(6-12(4-9)25-15(18,19)20)21-14(24)22-13-5-10(17)2-1-8(13)7-23/h1-6,23H,7H2,(H2,21,22,24). The van der Waals surface area contributed by atoms with Gasteiger partial charge in [0.1, 0.15) is 11.6 Å². The van der Waals surface area contributed by atoms with E-state index in [1.54, 1.807) is 0 Å². The summed E-state index contributed by atoms with van der Waals surface area (Å²) in [4.78, 5) is 11.9. The van der Waals surface area contributed by atoms with Gasteiger partial charge >= 0.3 is 12.4 Å². The number of nitrogens with one attached hydrogen (secondary N) is 2. The average Bonchev–Trinajstić information content (AvgIpc) is 2.44. The zero-order chi connectivity index (χ0) is 18.6. The van der Waals surface area contributed by atoms with E-state index in [0.29, 0.717) is 0 Å². The van der Waals surface area contributed by atoms with Gasteiger partial charge in [-0.05, 0) is 24.3 Å². The molecule has 3 N–H and O–H groups in total. The van der Waals surface area contributed by atoms with Crippen LogP contribution in [0.4, 0.5) is 33.7 Å². The molecule has 0 saturated heterocycles. The Morgan fingerprint density at radius 3 is 2.52 bits per heavy atom. The predicted molar refractivity (Wildman–Crippen MR) is 83.1 cm³/mol. The van der Waals surface area contributed by atoms with Crippen molar-refractivity contribution in [1.82, 2.24) is 0 Å². The maximum Gasteiger partial charge on any atom is 0.573 e. The van der Waals surface area contributed by atoms with Crippen molar-refractivity contribution in [1.29, 1.82) is 0 Å². The third-order valence-electron chi connectivity index (χ3n) is 2.85. The molecule has 0 unspecified atom stereocenters. The van der Waals surface area contributed by atoms with Gasteiger partial charge in [-0.2, -0.15) is 0 Å². The number of anilines is 2. The van der Waals surface area contributed by atoms with Crippen LogP contribution in [0, 0.1) is 5.82 Å². The van der Waals surface area contributed by atoms with Crippen molar-refractivity contribution in [2.75, 3.05) is 10.6 Å². The molecule has 0 aliphatic carbocycles. The zero-order valence-electron chi connectivity index (χ0n) is 12.3. The van der Waals surface area contributed by atoms with Crippen LogP contribution in [0.3, 0.4) is 0 Å². The number of carbonyl (C=O) groups excluding carboxylic acids is 1. The number of amides is 2. The van der Waals surface area contributed by atoms with E-state index in [2.05, 4.69) is 15.4 Å². The van der Waals surface area contributed by atoms with Crippen molar-refractivity contribution >= 4 is 29.0 Å². The maximum atomic E-state index is 13.2. The molecule has 0 spiro atoms. The normalized spacial score (nSPS) is 11.1. The van der Waals surface area contributed by atoms with E-state index < -0.39 is 30.6 Å². The number of carbonyl (C=O) groups is 1. The summed E-state index contributed by atoms with van der Waals surface area (Å²) in [7, 11) is 0. The highest BCUT2D eigenvalue weighted by Crippen LogP contribution is 2.29. The molecule has 0 bridgehead atoms. The van der Waals surface area contributed by atoms with Crippen molar-refractivity contribution in [2.24, 2.45) is 0 Å². The monoisotopic (exact) mass is 378 g/mol. The topological polar surface area (TPSA) is 70.6 Å². The minimum Gasteiger partial charge on any atom is -0.406 e. The molecule has 2 aromatic rings. The first-order valence-electron chi connectivity index (χ1n) is 6.70. The highest BCUT2D eigenvalue weighted by molar-refractivity contribution is 6.31. The predicted octanol–water partition coefficient (Wildman–Crippen LogP) is 4.51. The van der Waals surface area contributed by atoms with Crippen LogP contribution in [0.1, 0.15) is 5.56 Å². The molecular weight excluding hydrogens is 368 g/mol. The fourth-order valence-corrected chi connectivity index (χ4v) is 2.14. The second-order valence-electron chi connectivity index (χ2n) is 4.76. The van der Waals surface area contributed by atoms with Crippen LogP contribution in [0.2, 0.25) is 5.02 Å². The Morgan fingerprint density at radius 2 is 1.88 bits per heavy atom. The Kier molecular flexibility index (Phi) is 5.70. The number of hydrogen-bond acceptors (Lipinski definition) is 3. The van der Waals surface area contributed by atoms with E-state index in [9.17, 15) is 22.4 Å². The van der Waals surface area contributed by atoms with E-state index in [1.165, 1.54) is 12.1 Å². The summed E-state index contributed by atoms with van der Waals surface area (Å²) < 4.78 is 53.7. The summed E-state index contributed by atoms with van der Waals surface area (Å²) in [5, 5.41) is 13.6. The van der Waals surface area contributed by atoms with Crippen LogP contribution >= 0.6 is 11.6 Å². The van der Waals surface area contributed by atoms with Gasteiger partial charge in [-0.15, -0.1) is 13.2 Å². The smallest absolute Gasteiger partial charge is 0.406 e. The summed E-state index contributed by atoms with van der Waals surface area (Å²) in [6, 6.07) is 5.53. The molecule has 0 fully saturated rings. The highest BCUT2D eigenvalue weighted by atomic mass is 35.5. The van der Waals surface area contributed by atoms with Gasteiger partial charge in [0.2, 0.25) is 0 Å². The van der Waals surface area contributed by atoms with Crippen LogP contribution in [-0.4, -0.2) is 17.5 Å². The number of rotatable bonds is 4. The lowest BCUT2D eigenvalue weighted by Crippen LogP contribution is -2.21. The van der Waals surface area contributed by atoms with Crippen molar-refractivity contribution in [3.8, 4) is 5.75 Å². The molecule has 0 heterocycles. The lowest BCUT2D eigenvalue weighted by Gasteiger charge is -2.13. The minimum absolute atomic E-state index is 0.00814. The largest absolute Gasteiger partial charge is 0.573 e. The molecule has 0 atom stereocenters. The third kappa shape index (κ3) is 5.80. The Balaban J connectivity index is 2.14. The molecule has 2 aromatic carbocycles. The Hall–Kier alpha value is -2.52. The number of urea groups is 1. The minimum atomic E-state index is -4.91. The van der Waals surface area contributed by atoms with Gasteiger partial charge in [0.05, 0.1) is 12.3 Å². The van der Waals surface area contributed by atoms with Gasteiger partial charge in [-0.25, -0.2) is 9.18 Å². The molecule has 0 saturated carbocycles. The van der Waals surface area contributed by atoms with Gasteiger partial charge in [0.15, 0.2) is 0 Å².